The van der Waals surface area contributed by atoms with Gasteiger partial charge in [-0.05, 0) is 38.8 Å². The Kier molecular flexibility index (Phi) is 5.02. The Morgan fingerprint density at radius 3 is 2.38 bits per heavy atom. The number of nitrogens with one attached hydrogen (secondary N) is 1. The Morgan fingerprint density at radius 1 is 1.14 bits per heavy atom. The summed E-state index contributed by atoms with van der Waals surface area (Å²) in [6, 6.07) is 8.52. The van der Waals surface area contributed by atoms with Gasteiger partial charge in [0.1, 0.15) is 6.61 Å². The predicted molar refractivity (Wildman–Crippen MR) is 85.3 cm³/mol. The largest absolute Gasteiger partial charge is 0.486 e. The van der Waals surface area contributed by atoms with Crippen molar-refractivity contribution in [1.29, 1.82) is 0 Å². The lowest BCUT2D eigenvalue weighted by Crippen LogP contribution is -2.35. The number of aromatic nitrogens is 2. The molecule has 1 heterocycles. The maximum atomic E-state index is 5.73. The predicted octanol–water partition coefficient (Wildman–Crippen LogP) is 3.37. The Morgan fingerprint density at radius 2 is 1.81 bits per heavy atom. The van der Waals surface area contributed by atoms with E-state index < -0.39 is 0 Å². The van der Waals surface area contributed by atoms with Gasteiger partial charge in [-0.15, -0.1) is 0 Å². The average Bonchev–Trinajstić information content (AvgIpc) is 2.91. The van der Waals surface area contributed by atoms with Crippen molar-refractivity contribution >= 4 is 0 Å². The molecule has 0 saturated carbocycles. The molecule has 0 saturated heterocycles. The second-order valence-corrected chi connectivity index (χ2v) is 6.24. The van der Waals surface area contributed by atoms with Crippen molar-refractivity contribution < 1.29 is 4.74 Å². The third kappa shape index (κ3) is 5.23. The maximum Gasteiger partial charge on any atom is 0.157 e. The first-order valence-electron chi connectivity index (χ1n) is 7.44. The molecule has 1 N–H and O–H groups in total. The summed E-state index contributed by atoms with van der Waals surface area (Å²) in [6.07, 6.45) is 3.67. The van der Waals surface area contributed by atoms with E-state index in [1.807, 2.05) is 10.9 Å². The summed E-state index contributed by atoms with van der Waals surface area (Å²) in [6.45, 7) is 10.9. The van der Waals surface area contributed by atoms with Crippen LogP contribution in [0.25, 0.3) is 0 Å². The lowest BCUT2D eigenvalue weighted by Gasteiger charge is -2.20. The van der Waals surface area contributed by atoms with E-state index in [-0.39, 0.29) is 5.54 Å². The molecule has 21 heavy (non-hydrogen) atoms. The highest BCUT2D eigenvalue weighted by atomic mass is 16.5. The quantitative estimate of drug-likeness (QED) is 0.885. The van der Waals surface area contributed by atoms with E-state index in [4.69, 9.17) is 4.74 Å². The molecule has 0 radical (unpaired) electrons. The van der Waals surface area contributed by atoms with E-state index in [0.717, 1.165) is 18.8 Å². The van der Waals surface area contributed by atoms with E-state index in [1.165, 1.54) is 11.1 Å². The summed E-state index contributed by atoms with van der Waals surface area (Å²) in [4.78, 5) is 0. The average molecular weight is 287 g/mol. The first-order chi connectivity index (χ1) is 9.96. The fourth-order valence-corrected chi connectivity index (χ4v) is 1.88. The highest BCUT2D eigenvalue weighted by molar-refractivity contribution is 5.23. The lowest BCUT2D eigenvalue weighted by atomic mass is 10.1. The number of nitrogens with zero attached hydrogens (tertiary/aromatic N) is 2. The summed E-state index contributed by atoms with van der Waals surface area (Å²) in [5, 5.41) is 7.67. The van der Waals surface area contributed by atoms with Gasteiger partial charge in [0, 0.05) is 18.6 Å². The first kappa shape index (κ1) is 15.6. The lowest BCUT2D eigenvalue weighted by molar-refractivity contribution is 0.305. The second-order valence-electron chi connectivity index (χ2n) is 6.24. The molecule has 1 aromatic heterocycles. The fourth-order valence-electron chi connectivity index (χ4n) is 1.88. The molecule has 4 nitrogen and oxygen atoms in total. The molecule has 0 atom stereocenters. The van der Waals surface area contributed by atoms with Crippen LogP contribution in [0.3, 0.4) is 0 Å². The zero-order chi connectivity index (χ0) is 15.3. The SMILES string of the molecule is CCn1cc(OCc2ccc(CNC(C)(C)C)cc2)cn1. The van der Waals surface area contributed by atoms with Crippen molar-refractivity contribution in [3.8, 4) is 5.75 Å². The van der Waals surface area contributed by atoms with Gasteiger partial charge < -0.3 is 10.1 Å². The topological polar surface area (TPSA) is 39.1 Å². The number of ether oxygens (including phenoxy) is 1. The van der Waals surface area contributed by atoms with Crippen LogP contribution in [0.2, 0.25) is 0 Å². The van der Waals surface area contributed by atoms with Crippen LogP contribution in [0, 0.1) is 0 Å². The van der Waals surface area contributed by atoms with Crippen molar-refractivity contribution in [3.63, 3.8) is 0 Å². The Bertz CT molecular complexity index is 552. The summed E-state index contributed by atoms with van der Waals surface area (Å²) < 4.78 is 7.59. The molecule has 0 aliphatic rings. The minimum absolute atomic E-state index is 0.140. The number of rotatable bonds is 6. The van der Waals surface area contributed by atoms with Gasteiger partial charge in [-0.2, -0.15) is 5.10 Å². The fraction of sp³-hybridized carbons (Fsp3) is 0.471. The van der Waals surface area contributed by atoms with Crippen molar-refractivity contribution in [3.05, 3.63) is 47.8 Å². The molecule has 4 heteroatoms. The van der Waals surface area contributed by atoms with Gasteiger partial charge in [-0.25, -0.2) is 0 Å². The molecule has 0 amide bonds. The Hall–Kier alpha value is -1.81. The molecule has 0 bridgehead atoms. The van der Waals surface area contributed by atoms with Crippen LogP contribution >= 0.6 is 0 Å². The molecule has 0 aliphatic heterocycles. The van der Waals surface area contributed by atoms with Crippen molar-refractivity contribution in [2.45, 2.75) is 52.9 Å². The number of hydrogen-bond acceptors (Lipinski definition) is 3. The number of benzene rings is 1. The molecule has 2 aromatic rings. The van der Waals surface area contributed by atoms with E-state index >= 15 is 0 Å². The Labute approximate surface area is 127 Å². The van der Waals surface area contributed by atoms with Crippen molar-refractivity contribution in [2.24, 2.45) is 0 Å². The third-order valence-electron chi connectivity index (χ3n) is 3.18. The van der Waals surface area contributed by atoms with E-state index in [1.54, 1.807) is 6.20 Å². The smallest absolute Gasteiger partial charge is 0.157 e. The summed E-state index contributed by atoms with van der Waals surface area (Å²) in [5.41, 5.74) is 2.59. The zero-order valence-electron chi connectivity index (χ0n) is 13.4. The molecule has 0 aliphatic carbocycles. The summed E-state index contributed by atoms with van der Waals surface area (Å²) >= 11 is 0. The second kappa shape index (κ2) is 6.76. The summed E-state index contributed by atoms with van der Waals surface area (Å²) in [5.74, 6) is 0.815. The third-order valence-corrected chi connectivity index (χ3v) is 3.18. The molecule has 2 rings (SSSR count). The minimum atomic E-state index is 0.140. The van der Waals surface area contributed by atoms with Crippen LogP contribution in [0.5, 0.6) is 5.75 Å². The highest BCUT2D eigenvalue weighted by Gasteiger charge is 2.08. The standard InChI is InChI=1S/C17H25N3O/c1-5-20-12-16(11-19-20)21-13-15-8-6-14(7-9-15)10-18-17(2,3)4/h6-9,11-12,18H,5,10,13H2,1-4H3. The summed E-state index contributed by atoms with van der Waals surface area (Å²) in [7, 11) is 0. The molecular weight excluding hydrogens is 262 g/mol. The maximum absolute atomic E-state index is 5.73. The van der Waals surface area contributed by atoms with E-state index in [2.05, 4.69) is 62.4 Å². The number of aryl methyl sites for hydroxylation is 1. The molecule has 0 fully saturated rings. The monoisotopic (exact) mass is 287 g/mol. The van der Waals surface area contributed by atoms with Crippen molar-refractivity contribution in [1.82, 2.24) is 15.1 Å². The zero-order valence-corrected chi connectivity index (χ0v) is 13.4. The molecule has 0 unspecified atom stereocenters. The molecular formula is C17H25N3O. The van der Waals surface area contributed by atoms with Crippen LogP contribution in [0.1, 0.15) is 38.8 Å². The van der Waals surface area contributed by atoms with Gasteiger partial charge in [0.25, 0.3) is 0 Å². The van der Waals surface area contributed by atoms with Crippen LogP contribution in [0.15, 0.2) is 36.7 Å². The first-order valence-corrected chi connectivity index (χ1v) is 7.44. The van der Waals surface area contributed by atoms with Crippen LogP contribution in [-0.4, -0.2) is 15.3 Å². The Balaban J connectivity index is 1.84. The molecule has 0 spiro atoms. The number of hydrogen-bond donors (Lipinski definition) is 1. The van der Waals surface area contributed by atoms with Crippen LogP contribution in [-0.2, 0) is 19.7 Å². The molecule has 114 valence electrons. The highest BCUT2D eigenvalue weighted by Crippen LogP contribution is 2.12. The van der Waals surface area contributed by atoms with Gasteiger partial charge in [-0.3, -0.25) is 4.68 Å². The van der Waals surface area contributed by atoms with E-state index in [9.17, 15) is 0 Å². The van der Waals surface area contributed by atoms with Gasteiger partial charge in [0.15, 0.2) is 5.75 Å². The van der Waals surface area contributed by atoms with Gasteiger partial charge in [-0.1, -0.05) is 24.3 Å². The molecule has 1 aromatic carbocycles. The normalized spacial score (nSPS) is 11.6. The van der Waals surface area contributed by atoms with Crippen LogP contribution in [0.4, 0.5) is 0 Å². The van der Waals surface area contributed by atoms with Crippen molar-refractivity contribution in [2.75, 3.05) is 0 Å². The van der Waals surface area contributed by atoms with E-state index in [0.29, 0.717) is 6.61 Å². The van der Waals surface area contributed by atoms with Crippen LogP contribution < -0.4 is 10.1 Å². The van der Waals surface area contributed by atoms with Gasteiger partial charge >= 0.3 is 0 Å². The minimum Gasteiger partial charge on any atom is -0.486 e. The van der Waals surface area contributed by atoms with Gasteiger partial charge in [0.2, 0.25) is 0 Å². The van der Waals surface area contributed by atoms with Gasteiger partial charge in [0.05, 0.1) is 12.4 Å².